The molecule has 2 fully saturated rings. The Labute approximate surface area is 163 Å². The number of nitrogens with one attached hydrogen (secondary N) is 1. The number of carbonyl (C=O) groups excluding carboxylic acids is 2. The standard InChI is InChI=1S/C21H23N5O2/c1-14-5-6-17-15(10-14)19(27)23-16-4-3-8-22-18(16)26(17)20(28)25-9-7-21(13-25)11-24(2)12-21/h3-6,8,10H,7,9,11-13H2,1-2H3,(H,23,27). The van der Waals surface area contributed by atoms with Gasteiger partial charge in [0.1, 0.15) is 0 Å². The quantitative estimate of drug-likeness (QED) is 0.767. The van der Waals surface area contributed by atoms with Gasteiger partial charge < -0.3 is 15.1 Å². The first-order chi connectivity index (χ1) is 13.5. The number of aromatic nitrogens is 1. The van der Waals surface area contributed by atoms with Crippen molar-refractivity contribution in [1.82, 2.24) is 14.8 Å². The molecule has 1 aromatic heterocycles. The molecule has 144 valence electrons. The molecule has 0 unspecified atom stereocenters. The Morgan fingerprint density at radius 2 is 2.04 bits per heavy atom. The van der Waals surface area contributed by atoms with E-state index in [1.807, 2.05) is 30.0 Å². The van der Waals surface area contributed by atoms with E-state index >= 15 is 0 Å². The zero-order valence-corrected chi connectivity index (χ0v) is 16.1. The highest BCUT2D eigenvalue weighted by molar-refractivity contribution is 6.16. The zero-order valence-electron chi connectivity index (χ0n) is 16.1. The molecular formula is C21H23N5O2. The van der Waals surface area contributed by atoms with Crippen LogP contribution in [0.1, 0.15) is 22.3 Å². The third-order valence-electron chi connectivity index (χ3n) is 6.00. The van der Waals surface area contributed by atoms with Crippen molar-refractivity contribution < 1.29 is 9.59 Å². The van der Waals surface area contributed by atoms with E-state index in [0.717, 1.165) is 38.2 Å². The van der Waals surface area contributed by atoms with Crippen LogP contribution >= 0.6 is 0 Å². The third kappa shape index (κ3) is 2.57. The first-order valence-electron chi connectivity index (χ1n) is 9.60. The minimum Gasteiger partial charge on any atom is -0.323 e. The molecule has 7 heteroatoms. The van der Waals surface area contributed by atoms with E-state index in [2.05, 4.69) is 22.2 Å². The van der Waals surface area contributed by atoms with Crippen molar-refractivity contribution in [2.24, 2.45) is 5.41 Å². The highest BCUT2D eigenvalue weighted by Gasteiger charge is 2.48. The Bertz CT molecular complexity index is 983. The van der Waals surface area contributed by atoms with Crippen LogP contribution in [0.2, 0.25) is 0 Å². The molecule has 7 nitrogen and oxygen atoms in total. The predicted octanol–water partition coefficient (Wildman–Crippen LogP) is 2.85. The lowest BCUT2D eigenvalue weighted by Gasteiger charge is -2.46. The number of pyridine rings is 1. The van der Waals surface area contributed by atoms with E-state index in [9.17, 15) is 9.59 Å². The number of likely N-dealkylation sites (tertiary alicyclic amines) is 2. The number of amides is 3. The van der Waals surface area contributed by atoms with E-state index in [1.165, 1.54) is 0 Å². The summed E-state index contributed by atoms with van der Waals surface area (Å²) in [5, 5.41) is 2.91. The number of nitrogens with zero attached hydrogens (tertiary/aromatic N) is 4. The summed E-state index contributed by atoms with van der Waals surface area (Å²) in [7, 11) is 2.11. The van der Waals surface area contributed by atoms with Gasteiger partial charge in [0.05, 0.1) is 16.9 Å². The number of fused-ring (bicyclic) bond motifs is 2. The second kappa shape index (κ2) is 6.04. The summed E-state index contributed by atoms with van der Waals surface area (Å²) in [4.78, 5) is 36.7. The molecule has 3 aliphatic rings. The highest BCUT2D eigenvalue weighted by Crippen LogP contribution is 2.42. The molecule has 5 rings (SSSR count). The number of aryl methyl sites for hydroxylation is 1. The molecule has 2 aromatic rings. The van der Waals surface area contributed by atoms with Crippen molar-refractivity contribution in [3.8, 4) is 0 Å². The van der Waals surface area contributed by atoms with Gasteiger partial charge in [-0.2, -0.15) is 0 Å². The highest BCUT2D eigenvalue weighted by atomic mass is 16.2. The van der Waals surface area contributed by atoms with Gasteiger partial charge in [-0.25, -0.2) is 14.7 Å². The number of carbonyl (C=O) groups is 2. The van der Waals surface area contributed by atoms with Crippen molar-refractivity contribution in [2.75, 3.05) is 43.4 Å². The first-order valence-corrected chi connectivity index (χ1v) is 9.60. The minimum absolute atomic E-state index is 0.118. The maximum Gasteiger partial charge on any atom is 0.330 e. The van der Waals surface area contributed by atoms with E-state index in [-0.39, 0.29) is 17.4 Å². The summed E-state index contributed by atoms with van der Waals surface area (Å²) in [6.07, 6.45) is 2.67. The monoisotopic (exact) mass is 377 g/mol. The second-order valence-corrected chi connectivity index (χ2v) is 8.31. The average Bonchev–Trinajstić information content (AvgIpc) is 3.04. The Hall–Kier alpha value is -2.93. The average molecular weight is 377 g/mol. The molecule has 3 aliphatic heterocycles. The summed E-state index contributed by atoms with van der Waals surface area (Å²) in [5.74, 6) is 0.247. The van der Waals surface area contributed by atoms with Gasteiger partial charge in [0.2, 0.25) is 0 Å². The van der Waals surface area contributed by atoms with E-state index in [0.29, 0.717) is 22.8 Å². The fourth-order valence-electron chi connectivity index (χ4n) is 4.79. The molecule has 0 saturated carbocycles. The minimum atomic E-state index is -0.221. The van der Waals surface area contributed by atoms with Crippen LogP contribution in [0.5, 0.6) is 0 Å². The normalized spacial score (nSPS) is 20.3. The van der Waals surface area contributed by atoms with Crippen LogP contribution in [-0.2, 0) is 0 Å². The Morgan fingerprint density at radius 3 is 2.82 bits per heavy atom. The second-order valence-electron chi connectivity index (χ2n) is 8.31. The predicted molar refractivity (Wildman–Crippen MR) is 107 cm³/mol. The van der Waals surface area contributed by atoms with E-state index in [4.69, 9.17) is 0 Å². The van der Waals surface area contributed by atoms with Gasteiger partial charge in [-0.1, -0.05) is 11.6 Å². The summed E-state index contributed by atoms with van der Waals surface area (Å²) < 4.78 is 0. The van der Waals surface area contributed by atoms with Crippen molar-refractivity contribution in [3.63, 3.8) is 0 Å². The fourth-order valence-corrected chi connectivity index (χ4v) is 4.79. The third-order valence-corrected chi connectivity index (χ3v) is 6.00. The maximum atomic E-state index is 13.6. The molecule has 2 saturated heterocycles. The lowest BCUT2D eigenvalue weighted by Crippen LogP contribution is -2.56. The Balaban J connectivity index is 1.57. The van der Waals surface area contributed by atoms with Gasteiger partial charge in [0, 0.05) is 37.8 Å². The van der Waals surface area contributed by atoms with Gasteiger partial charge >= 0.3 is 6.03 Å². The van der Waals surface area contributed by atoms with E-state index in [1.54, 1.807) is 23.2 Å². The van der Waals surface area contributed by atoms with Crippen LogP contribution in [0.25, 0.3) is 0 Å². The first kappa shape index (κ1) is 17.2. The molecule has 1 spiro atoms. The number of hydrogen-bond acceptors (Lipinski definition) is 4. The smallest absolute Gasteiger partial charge is 0.323 e. The van der Waals surface area contributed by atoms with Crippen LogP contribution in [-0.4, -0.2) is 59.9 Å². The van der Waals surface area contributed by atoms with Gasteiger partial charge in [-0.05, 0) is 44.7 Å². The summed E-state index contributed by atoms with van der Waals surface area (Å²) >= 11 is 0. The molecule has 3 amide bonds. The molecular weight excluding hydrogens is 354 g/mol. The van der Waals surface area contributed by atoms with Crippen LogP contribution in [0.15, 0.2) is 36.5 Å². The molecule has 0 atom stereocenters. The topological polar surface area (TPSA) is 68.8 Å². The molecule has 28 heavy (non-hydrogen) atoms. The van der Waals surface area contributed by atoms with Crippen LogP contribution in [0, 0.1) is 12.3 Å². The lowest BCUT2D eigenvalue weighted by molar-refractivity contribution is 0.0339. The number of hydrogen-bond donors (Lipinski definition) is 1. The van der Waals surface area contributed by atoms with Crippen molar-refractivity contribution in [3.05, 3.63) is 47.7 Å². The lowest BCUT2D eigenvalue weighted by atomic mass is 9.79. The summed E-state index contributed by atoms with van der Waals surface area (Å²) in [6, 6.07) is 9.02. The van der Waals surface area contributed by atoms with Gasteiger partial charge in [-0.3, -0.25) is 4.79 Å². The molecule has 1 aromatic carbocycles. The van der Waals surface area contributed by atoms with Gasteiger partial charge in [0.15, 0.2) is 5.82 Å². The van der Waals surface area contributed by atoms with Gasteiger partial charge in [0.25, 0.3) is 5.91 Å². The number of rotatable bonds is 0. The van der Waals surface area contributed by atoms with Crippen molar-refractivity contribution in [2.45, 2.75) is 13.3 Å². The fraction of sp³-hybridized carbons (Fsp3) is 0.381. The Morgan fingerprint density at radius 1 is 1.21 bits per heavy atom. The molecule has 0 bridgehead atoms. The van der Waals surface area contributed by atoms with Crippen LogP contribution in [0.3, 0.4) is 0 Å². The molecule has 0 radical (unpaired) electrons. The van der Waals surface area contributed by atoms with E-state index < -0.39 is 0 Å². The Kier molecular flexibility index (Phi) is 3.71. The summed E-state index contributed by atoms with van der Waals surface area (Å²) in [6.45, 7) is 5.47. The number of urea groups is 1. The van der Waals surface area contributed by atoms with Crippen LogP contribution in [0.4, 0.5) is 22.0 Å². The maximum absolute atomic E-state index is 13.6. The molecule has 4 heterocycles. The number of anilines is 3. The summed E-state index contributed by atoms with van der Waals surface area (Å²) in [5.41, 5.74) is 2.80. The zero-order chi connectivity index (χ0) is 19.5. The number of benzene rings is 1. The molecule has 0 aliphatic carbocycles. The largest absolute Gasteiger partial charge is 0.330 e. The van der Waals surface area contributed by atoms with Crippen LogP contribution < -0.4 is 10.2 Å². The van der Waals surface area contributed by atoms with Gasteiger partial charge in [-0.15, -0.1) is 0 Å². The van der Waals surface area contributed by atoms with Crippen molar-refractivity contribution >= 4 is 29.1 Å². The SMILES string of the molecule is Cc1ccc2c(c1)C(=O)Nc1cccnc1N2C(=O)N1CCC2(CN(C)C2)C1. The molecule has 1 N–H and O–H groups in total. The van der Waals surface area contributed by atoms with Crippen molar-refractivity contribution in [1.29, 1.82) is 0 Å².